The molecule has 12 aromatic rings. The maximum Gasteiger partial charge on any atom is 0.256 e. The lowest BCUT2D eigenvalue weighted by atomic mass is 10.1. The van der Waals surface area contributed by atoms with E-state index < -0.39 is 58.6 Å². The fraction of sp³-hybridized carbons (Fsp3) is 0.218. The van der Waals surface area contributed by atoms with Crippen molar-refractivity contribution in [1.29, 1.82) is 0 Å². The van der Waals surface area contributed by atoms with E-state index in [1.807, 2.05) is 131 Å². The van der Waals surface area contributed by atoms with Crippen LogP contribution < -0.4 is 44.2 Å². The molecule has 0 aliphatic rings. The van der Waals surface area contributed by atoms with Crippen LogP contribution in [0.5, 0.6) is 0 Å². The summed E-state index contributed by atoms with van der Waals surface area (Å²) in [6.45, 7) is 16.4. The van der Waals surface area contributed by atoms with Crippen molar-refractivity contribution in [3.63, 3.8) is 0 Å². The Bertz CT molecular complexity index is 5330. The number of hydrogen-bond donors (Lipinski definition) is 8. The van der Waals surface area contributed by atoms with Gasteiger partial charge in [0, 0.05) is 59.7 Å². The van der Waals surface area contributed by atoms with Gasteiger partial charge in [-0.25, -0.2) is 70.6 Å². The van der Waals surface area contributed by atoms with Crippen LogP contribution in [0.15, 0.2) is 195 Å². The molecule has 0 atom stereocenters. The number of carbonyl (C=O) groups is 4. The molecule has 0 fully saturated rings. The first kappa shape index (κ1) is 86.4. The fourth-order valence-corrected chi connectivity index (χ4v) is 11.7. The van der Waals surface area contributed by atoms with Crippen LogP contribution in [-0.4, -0.2) is 63.5 Å². The molecule has 0 unspecified atom stereocenters. The quantitative estimate of drug-likeness (QED) is 0.00970. The predicted molar refractivity (Wildman–Crippen MR) is 445 cm³/mol. The summed E-state index contributed by atoms with van der Waals surface area (Å²) in [5.74, 6) is -11.6. The van der Waals surface area contributed by atoms with Gasteiger partial charge in [0.25, 0.3) is 5.91 Å². The van der Waals surface area contributed by atoms with E-state index in [4.69, 9.17) is 32.9 Å². The number of benzene rings is 8. The van der Waals surface area contributed by atoms with Crippen LogP contribution in [0.4, 0.5) is 76.8 Å². The van der Waals surface area contributed by atoms with Gasteiger partial charge in [-0.3, -0.25) is 19.2 Å². The second kappa shape index (κ2) is 40.7. The number of carbonyl (C=O) groups excluding carboxylic acids is 4. The van der Waals surface area contributed by atoms with Crippen LogP contribution in [0.25, 0.3) is 45.0 Å². The third-order valence-electron chi connectivity index (χ3n) is 16.9. The summed E-state index contributed by atoms with van der Waals surface area (Å²) in [6.07, 6.45) is 7.96. The molecule has 28 heteroatoms. The van der Waals surface area contributed by atoms with Crippen molar-refractivity contribution in [2.75, 3.05) is 44.2 Å². The standard InChI is InChI=1S/C22H19F5N4O.C22H22F2N4O.C22H23IN4O.C21H22N4O/c1-10(2)7-14-22(29-9-15(30-14)11-3-5-12(28)6-4-11)31-16(32)8-13-17(23)19(25)21(27)20(26)18(13)24;1-13(2)9-19-22(26-12-20(27-19)15-4-6-16(25)7-5-15)28-21(29)11-14-3-8-17(23)18(24)10-14;1-14(2)11-19-22(27-21(28)12-15-3-7-17(23)8-4-15)25-13-20(26-19)16-5-9-18(24)10-6-16;1-14(2)12-18-20(25-21(26)16-6-4-3-5-7-16)23-13-19(24-18)15-8-10-17(22)11-9-15/h3-6,9-10H,7-8,28H2,1-2H3,(H,29,31,32);3-8,10,12-13H,9,11,25H2,1-2H3,(H,26,28,29);3-10,13-14H,11-12,24H2,1-2H3,(H,25,27,28);3-11,13-14H,12,22H2,1-2H3,(H,23,25,26). The highest BCUT2D eigenvalue weighted by atomic mass is 127. The molecule has 0 saturated heterocycles. The lowest BCUT2D eigenvalue weighted by Gasteiger charge is -2.14. The van der Waals surface area contributed by atoms with Crippen LogP contribution in [0.2, 0.25) is 0 Å². The highest BCUT2D eigenvalue weighted by molar-refractivity contribution is 14.1. The summed E-state index contributed by atoms with van der Waals surface area (Å²) in [7, 11) is 0. The molecule has 0 saturated carbocycles. The average molecular weight is 1680 g/mol. The Morgan fingerprint density at radius 1 is 0.348 bits per heavy atom. The molecule has 12 rings (SSSR count). The van der Waals surface area contributed by atoms with E-state index >= 15 is 0 Å². The van der Waals surface area contributed by atoms with Crippen molar-refractivity contribution >= 4 is 92.2 Å². The molecule has 12 N–H and O–H groups in total. The minimum Gasteiger partial charge on any atom is -0.399 e. The second-order valence-electron chi connectivity index (χ2n) is 28.5. The average Bonchev–Trinajstić information content (AvgIpc) is 0.780. The smallest absolute Gasteiger partial charge is 0.256 e. The van der Waals surface area contributed by atoms with E-state index in [9.17, 15) is 49.9 Å². The van der Waals surface area contributed by atoms with E-state index in [1.54, 1.807) is 67.1 Å². The number of nitrogens with zero attached hydrogens (tertiary/aromatic N) is 8. The van der Waals surface area contributed by atoms with Crippen LogP contribution in [0.3, 0.4) is 0 Å². The number of hydrogen-bond acceptors (Lipinski definition) is 16. The Kier molecular flexibility index (Phi) is 30.6. The summed E-state index contributed by atoms with van der Waals surface area (Å²) in [4.78, 5) is 85.9. The first-order valence-corrected chi connectivity index (χ1v) is 37.7. The first-order chi connectivity index (χ1) is 54.8. The van der Waals surface area contributed by atoms with Gasteiger partial charge in [0.2, 0.25) is 23.5 Å². The zero-order chi connectivity index (χ0) is 83.2. The van der Waals surface area contributed by atoms with Crippen LogP contribution in [0.1, 0.15) is 105 Å². The Labute approximate surface area is 675 Å². The van der Waals surface area contributed by atoms with E-state index in [2.05, 4.69) is 101 Å². The van der Waals surface area contributed by atoms with Gasteiger partial charge in [-0.15, -0.1) is 0 Å². The minimum absolute atomic E-state index is 0.0340. The Hall–Kier alpha value is -12.6. The van der Waals surface area contributed by atoms with Gasteiger partial charge in [0.15, 0.2) is 58.2 Å². The van der Waals surface area contributed by atoms with Gasteiger partial charge in [-0.05, 0) is 168 Å². The van der Waals surface area contributed by atoms with Gasteiger partial charge in [-0.2, -0.15) is 0 Å². The van der Waals surface area contributed by atoms with Gasteiger partial charge >= 0.3 is 0 Å². The maximum atomic E-state index is 13.9. The molecule has 4 heterocycles. The number of amides is 4. The molecule has 4 aromatic heterocycles. The molecular formula is C87H86F7IN16O4. The molecule has 0 aliphatic heterocycles. The molecular weight excluding hydrogens is 1590 g/mol. The zero-order valence-electron chi connectivity index (χ0n) is 64.3. The van der Waals surface area contributed by atoms with E-state index in [0.29, 0.717) is 111 Å². The second-order valence-corrected chi connectivity index (χ2v) is 29.7. The van der Waals surface area contributed by atoms with Crippen molar-refractivity contribution in [1.82, 2.24) is 39.9 Å². The third-order valence-corrected chi connectivity index (χ3v) is 17.6. The Morgan fingerprint density at radius 2 is 0.643 bits per heavy atom. The van der Waals surface area contributed by atoms with Crippen molar-refractivity contribution < 1.29 is 49.9 Å². The third kappa shape index (κ3) is 25.5. The van der Waals surface area contributed by atoms with Gasteiger partial charge < -0.3 is 44.2 Å². The fourth-order valence-electron chi connectivity index (χ4n) is 11.3. The lowest BCUT2D eigenvalue weighted by Crippen LogP contribution is -2.20. The first-order valence-electron chi connectivity index (χ1n) is 36.6. The molecule has 0 radical (unpaired) electrons. The van der Waals surface area contributed by atoms with Gasteiger partial charge in [0.1, 0.15) is 0 Å². The zero-order valence-corrected chi connectivity index (χ0v) is 66.4. The van der Waals surface area contributed by atoms with Crippen LogP contribution in [0, 0.1) is 68.0 Å². The molecule has 0 spiro atoms. The number of nitrogens with two attached hydrogens (primary N) is 4. The van der Waals surface area contributed by atoms with Crippen molar-refractivity contribution in [2.24, 2.45) is 23.7 Å². The monoisotopic (exact) mass is 1680 g/mol. The molecule has 0 aliphatic carbocycles. The molecule has 594 valence electrons. The number of anilines is 8. The summed E-state index contributed by atoms with van der Waals surface area (Å²) in [5, 5.41) is 10.9. The molecule has 115 heavy (non-hydrogen) atoms. The molecule has 4 amide bonds. The number of rotatable bonds is 23. The highest BCUT2D eigenvalue weighted by Gasteiger charge is 2.28. The highest BCUT2D eigenvalue weighted by Crippen LogP contribution is 2.30. The summed E-state index contributed by atoms with van der Waals surface area (Å²) in [6, 6.07) is 49.6. The topological polar surface area (TPSA) is 324 Å². The Balaban J connectivity index is 0.000000176. The SMILES string of the molecule is CC(C)Cc1nc(-c2ccc(N)cc2)cnc1NC(=O)Cc1c(F)c(F)c(F)c(F)c1F.CC(C)Cc1nc(-c2ccc(N)cc2)cnc1NC(=O)Cc1ccc(F)c(F)c1.CC(C)Cc1nc(-c2ccc(N)cc2)cnc1NC(=O)Cc1ccc(I)cc1.CC(C)Cc1nc(-c2ccc(N)cc2)cnc1NC(=O)c1ccccc1. The van der Waals surface area contributed by atoms with Gasteiger partial charge in [0.05, 0.1) is 89.6 Å². The predicted octanol–water partition coefficient (Wildman–Crippen LogP) is 18.1. The normalized spacial score (nSPS) is 10.9. The number of nitrogens with one attached hydrogen (secondary N) is 4. The molecule has 20 nitrogen and oxygen atoms in total. The Morgan fingerprint density at radius 3 is 0.965 bits per heavy atom. The van der Waals surface area contributed by atoms with E-state index in [1.165, 1.54) is 12.3 Å². The lowest BCUT2D eigenvalue weighted by molar-refractivity contribution is -0.116. The van der Waals surface area contributed by atoms with Crippen LogP contribution >= 0.6 is 22.6 Å². The van der Waals surface area contributed by atoms with E-state index in [-0.39, 0.29) is 35.9 Å². The van der Waals surface area contributed by atoms with Crippen LogP contribution in [-0.2, 0) is 59.3 Å². The van der Waals surface area contributed by atoms with Gasteiger partial charge in [-0.1, -0.05) is 140 Å². The van der Waals surface area contributed by atoms with E-state index in [0.717, 1.165) is 79.1 Å². The number of nitrogen functional groups attached to an aromatic ring is 4. The summed E-state index contributed by atoms with van der Waals surface area (Å²) >= 11 is 2.25. The number of aromatic nitrogens is 8. The molecule has 8 aromatic carbocycles. The number of halogens is 8. The summed E-state index contributed by atoms with van der Waals surface area (Å²) < 4.78 is 95.3. The molecule has 0 bridgehead atoms. The minimum atomic E-state index is -2.28. The summed E-state index contributed by atoms with van der Waals surface area (Å²) in [5.41, 5.74) is 35.1. The van der Waals surface area contributed by atoms with Crippen molar-refractivity contribution in [3.8, 4) is 45.0 Å². The van der Waals surface area contributed by atoms with Crippen molar-refractivity contribution in [2.45, 2.75) is 100 Å². The van der Waals surface area contributed by atoms with Crippen molar-refractivity contribution in [3.05, 3.63) is 284 Å². The largest absolute Gasteiger partial charge is 0.399 e. The maximum absolute atomic E-state index is 13.9.